The molecule has 2 rings (SSSR count). The maximum Gasteiger partial charge on any atom is 0.355 e. The molecule has 2 amide bonds. The maximum absolute atomic E-state index is 11.6. The van der Waals surface area contributed by atoms with Crippen molar-refractivity contribution in [1.29, 1.82) is 0 Å². The lowest BCUT2D eigenvalue weighted by Gasteiger charge is -2.11. The highest BCUT2D eigenvalue weighted by Gasteiger charge is 2.28. The highest BCUT2D eigenvalue weighted by Crippen LogP contribution is 2.11. The van der Waals surface area contributed by atoms with E-state index in [-0.39, 0.29) is 23.2 Å². The smallest absolute Gasteiger partial charge is 0.355 e. The molecule has 116 valence electrons. The molecule has 1 aromatic rings. The van der Waals surface area contributed by atoms with Crippen molar-refractivity contribution in [3.63, 3.8) is 0 Å². The van der Waals surface area contributed by atoms with E-state index in [1.165, 1.54) is 16.7 Å². The number of carbonyl (C=O) groups is 2. The van der Waals surface area contributed by atoms with Gasteiger partial charge in [0, 0.05) is 24.4 Å². The zero-order valence-corrected chi connectivity index (χ0v) is 12.7. The molecule has 0 radical (unpaired) electrons. The molecule has 1 aliphatic rings. The van der Waals surface area contributed by atoms with Crippen molar-refractivity contribution in [3.05, 3.63) is 16.1 Å². The van der Waals surface area contributed by atoms with Crippen molar-refractivity contribution in [1.82, 2.24) is 15.6 Å². The van der Waals surface area contributed by atoms with E-state index in [1.54, 1.807) is 0 Å². The topological polar surface area (TPSA) is 125 Å². The van der Waals surface area contributed by atoms with Crippen LogP contribution in [0.15, 0.2) is 5.38 Å². The fourth-order valence-corrected chi connectivity index (χ4v) is 4.40. The minimum Gasteiger partial charge on any atom is -0.476 e. The number of aromatic nitrogens is 1. The van der Waals surface area contributed by atoms with E-state index in [2.05, 4.69) is 15.6 Å². The lowest BCUT2D eigenvalue weighted by atomic mass is 10.3. The Morgan fingerprint density at radius 1 is 1.48 bits per heavy atom. The predicted octanol–water partition coefficient (Wildman–Crippen LogP) is -0.130. The summed E-state index contributed by atoms with van der Waals surface area (Å²) >= 11 is 1.22. The van der Waals surface area contributed by atoms with E-state index in [1.807, 2.05) is 0 Å². The molecule has 1 aliphatic heterocycles. The molecule has 0 aliphatic carbocycles. The van der Waals surface area contributed by atoms with E-state index in [0.717, 1.165) is 0 Å². The molecule has 2 heterocycles. The Morgan fingerprint density at radius 2 is 2.24 bits per heavy atom. The Kier molecular flexibility index (Phi) is 4.78. The summed E-state index contributed by atoms with van der Waals surface area (Å²) in [5, 5.41) is 16.0. The number of sulfone groups is 1. The lowest BCUT2D eigenvalue weighted by Crippen LogP contribution is -2.43. The second-order valence-electron chi connectivity index (χ2n) is 4.68. The van der Waals surface area contributed by atoms with E-state index < -0.39 is 21.8 Å². The Hall–Kier alpha value is -1.68. The average molecular weight is 333 g/mol. The number of hydrogen-bond acceptors (Lipinski definition) is 6. The monoisotopic (exact) mass is 333 g/mol. The van der Waals surface area contributed by atoms with Gasteiger partial charge in [-0.2, -0.15) is 0 Å². The van der Waals surface area contributed by atoms with Gasteiger partial charge in [0.25, 0.3) is 0 Å². The first-order valence-corrected chi connectivity index (χ1v) is 8.98. The van der Waals surface area contributed by atoms with Crippen LogP contribution in [0.2, 0.25) is 0 Å². The molecule has 1 aromatic heterocycles. The van der Waals surface area contributed by atoms with Crippen molar-refractivity contribution in [2.24, 2.45) is 0 Å². The summed E-state index contributed by atoms with van der Waals surface area (Å²) in [4.78, 5) is 26.1. The van der Waals surface area contributed by atoms with Crippen LogP contribution in [0.25, 0.3) is 0 Å². The van der Waals surface area contributed by atoms with E-state index in [4.69, 9.17) is 5.11 Å². The molecule has 21 heavy (non-hydrogen) atoms. The fraction of sp³-hybridized carbons (Fsp3) is 0.545. The van der Waals surface area contributed by atoms with Crippen LogP contribution < -0.4 is 10.6 Å². The normalized spacial score (nSPS) is 20.1. The molecule has 0 aromatic carbocycles. The van der Waals surface area contributed by atoms with Crippen LogP contribution in [0.3, 0.4) is 0 Å². The van der Waals surface area contributed by atoms with Gasteiger partial charge in [-0.05, 0) is 6.42 Å². The third kappa shape index (κ3) is 4.67. The van der Waals surface area contributed by atoms with Gasteiger partial charge in [-0.15, -0.1) is 11.3 Å². The van der Waals surface area contributed by atoms with Crippen LogP contribution in [0.5, 0.6) is 0 Å². The third-order valence-electron chi connectivity index (χ3n) is 2.96. The van der Waals surface area contributed by atoms with Crippen molar-refractivity contribution in [2.45, 2.75) is 18.9 Å². The first-order valence-electron chi connectivity index (χ1n) is 6.28. The van der Waals surface area contributed by atoms with Crippen molar-refractivity contribution >= 4 is 33.2 Å². The lowest BCUT2D eigenvalue weighted by molar-refractivity contribution is 0.0691. The summed E-state index contributed by atoms with van der Waals surface area (Å²) in [7, 11) is -3.02. The van der Waals surface area contributed by atoms with Gasteiger partial charge in [0.1, 0.15) is 0 Å². The molecule has 0 bridgehead atoms. The Bertz CT molecular complexity index is 640. The number of amides is 2. The second-order valence-corrected chi connectivity index (χ2v) is 7.85. The van der Waals surface area contributed by atoms with Gasteiger partial charge in [0.2, 0.25) is 0 Å². The van der Waals surface area contributed by atoms with Crippen molar-refractivity contribution in [3.8, 4) is 0 Å². The number of carboxylic acid groups (broad SMARTS) is 1. The number of urea groups is 1. The number of carbonyl (C=O) groups excluding carboxylic acids is 1. The quantitative estimate of drug-likeness (QED) is 0.689. The van der Waals surface area contributed by atoms with Crippen LogP contribution in [0.1, 0.15) is 21.9 Å². The zero-order valence-electron chi connectivity index (χ0n) is 11.0. The SMILES string of the molecule is O=C(NCCc1nc(C(=O)O)cs1)NC1CCS(=O)(=O)C1. The molecule has 1 saturated heterocycles. The third-order valence-corrected chi connectivity index (χ3v) is 5.64. The van der Waals surface area contributed by atoms with Gasteiger partial charge in [-0.25, -0.2) is 23.0 Å². The molecule has 10 heteroatoms. The maximum atomic E-state index is 11.6. The number of hydrogen-bond donors (Lipinski definition) is 3. The highest BCUT2D eigenvalue weighted by molar-refractivity contribution is 7.91. The van der Waals surface area contributed by atoms with Gasteiger partial charge >= 0.3 is 12.0 Å². The van der Waals surface area contributed by atoms with Gasteiger partial charge in [-0.1, -0.05) is 0 Å². The molecular weight excluding hydrogens is 318 g/mol. The molecule has 0 spiro atoms. The Morgan fingerprint density at radius 3 is 2.81 bits per heavy atom. The number of nitrogens with zero attached hydrogens (tertiary/aromatic N) is 1. The van der Waals surface area contributed by atoms with Gasteiger partial charge in [0.15, 0.2) is 15.5 Å². The van der Waals surface area contributed by atoms with E-state index >= 15 is 0 Å². The minimum atomic E-state index is -3.02. The summed E-state index contributed by atoms with van der Waals surface area (Å²) in [6.45, 7) is 0.303. The van der Waals surface area contributed by atoms with Crippen molar-refractivity contribution < 1.29 is 23.1 Å². The molecular formula is C11H15N3O5S2. The first kappa shape index (κ1) is 15.7. The number of aromatic carboxylic acids is 1. The molecule has 1 fully saturated rings. The van der Waals surface area contributed by atoms with Crippen molar-refractivity contribution in [2.75, 3.05) is 18.1 Å². The standard InChI is InChI=1S/C11H15N3O5S2/c15-10(16)8-5-20-9(14-8)1-3-12-11(17)13-7-2-4-21(18,19)6-7/h5,7H,1-4,6H2,(H,15,16)(H2,12,13,17). The summed E-state index contributed by atoms with van der Waals surface area (Å²) in [6, 6.07) is -0.763. The first-order chi connectivity index (χ1) is 9.85. The average Bonchev–Trinajstić information content (AvgIpc) is 2.96. The molecule has 8 nitrogen and oxygen atoms in total. The number of carboxylic acids is 1. The predicted molar refractivity (Wildman–Crippen MR) is 76.4 cm³/mol. The van der Waals surface area contributed by atoms with E-state index in [0.29, 0.717) is 24.4 Å². The highest BCUT2D eigenvalue weighted by atomic mass is 32.2. The van der Waals surface area contributed by atoms with Crippen LogP contribution in [-0.4, -0.2) is 54.6 Å². The molecule has 0 saturated carbocycles. The molecule has 3 N–H and O–H groups in total. The van der Waals surface area contributed by atoms with Crippen LogP contribution in [0.4, 0.5) is 4.79 Å². The summed E-state index contributed by atoms with van der Waals surface area (Å²) in [5.74, 6) is -0.991. The Labute approximate surface area is 125 Å². The second kappa shape index (κ2) is 6.39. The summed E-state index contributed by atoms with van der Waals surface area (Å²) < 4.78 is 22.5. The largest absolute Gasteiger partial charge is 0.476 e. The number of thiazole rings is 1. The fourth-order valence-electron chi connectivity index (χ4n) is 1.95. The number of rotatable bonds is 5. The number of nitrogens with one attached hydrogen (secondary N) is 2. The van der Waals surface area contributed by atoms with Gasteiger partial charge < -0.3 is 15.7 Å². The van der Waals surface area contributed by atoms with Gasteiger partial charge in [0.05, 0.1) is 16.5 Å². The summed E-state index contributed by atoms with van der Waals surface area (Å²) in [6.07, 6.45) is 0.860. The van der Waals surface area contributed by atoms with Crippen LogP contribution in [-0.2, 0) is 16.3 Å². The molecule has 1 atom stereocenters. The molecule has 1 unspecified atom stereocenters. The van der Waals surface area contributed by atoms with Crippen LogP contribution >= 0.6 is 11.3 Å². The van der Waals surface area contributed by atoms with E-state index in [9.17, 15) is 18.0 Å². The van der Waals surface area contributed by atoms with Gasteiger partial charge in [-0.3, -0.25) is 0 Å². The minimum absolute atomic E-state index is 0.00406. The zero-order chi connectivity index (χ0) is 15.5. The van der Waals surface area contributed by atoms with Crippen LogP contribution in [0, 0.1) is 0 Å². The Balaban J connectivity index is 1.70. The summed E-state index contributed by atoms with van der Waals surface area (Å²) in [5.41, 5.74) is -0.00406.